The number of piperazine rings is 1. The molecule has 0 spiro atoms. The van der Waals surface area contributed by atoms with Gasteiger partial charge < -0.3 is 14.2 Å². The van der Waals surface area contributed by atoms with Gasteiger partial charge >= 0.3 is 0 Å². The average molecular weight is 222 g/mol. The van der Waals surface area contributed by atoms with E-state index in [4.69, 9.17) is 4.42 Å². The van der Waals surface area contributed by atoms with Crippen molar-refractivity contribution in [3.8, 4) is 0 Å². The van der Waals surface area contributed by atoms with E-state index in [0.29, 0.717) is 31.9 Å². The SMILES string of the molecule is Cc1coc(C(=O)N2CCN(C=O)CC2)c1. The van der Waals surface area contributed by atoms with Crippen LogP contribution in [0.5, 0.6) is 0 Å². The van der Waals surface area contributed by atoms with Gasteiger partial charge in [0.2, 0.25) is 6.41 Å². The molecule has 1 aromatic rings. The molecule has 1 aliphatic heterocycles. The summed E-state index contributed by atoms with van der Waals surface area (Å²) >= 11 is 0. The third-order valence-electron chi connectivity index (χ3n) is 2.69. The topological polar surface area (TPSA) is 53.8 Å². The first kappa shape index (κ1) is 10.7. The van der Waals surface area contributed by atoms with Crippen molar-refractivity contribution in [2.24, 2.45) is 0 Å². The lowest BCUT2D eigenvalue weighted by Crippen LogP contribution is -2.48. The van der Waals surface area contributed by atoms with Gasteiger partial charge in [0.15, 0.2) is 5.76 Å². The van der Waals surface area contributed by atoms with Crippen LogP contribution >= 0.6 is 0 Å². The molecule has 2 amide bonds. The quantitative estimate of drug-likeness (QED) is 0.685. The van der Waals surface area contributed by atoms with Crippen LogP contribution in [-0.4, -0.2) is 48.3 Å². The minimum absolute atomic E-state index is 0.0985. The van der Waals surface area contributed by atoms with E-state index in [0.717, 1.165) is 12.0 Å². The van der Waals surface area contributed by atoms with Gasteiger partial charge in [-0.3, -0.25) is 9.59 Å². The van der Waals surface area contributed by atoms with Gasteiger partial charge in [-0.25, -0.2) is 0 Å². The molecule has 0 unspecified atom stereocenters. The highest BCUT2D eigenvalue weighted by molar-refractivity contribution is 5.91. The van der Waals surface area contributed by atoms with E-state index in [1.165, 1.54) is 0 Å². The van der Waals surface area contributed by atoms with Gasteiger partial charge in [0.05, 0.1) is 6.26 Å². The van der Waals surface area contributed by atoms with Crippen molar-refractivity contribution >= 4 is 12.3 Å². The molecular formula is C11H14N2O3. The van der Waals surface area contributed by atoms with Crippen LogP contribution in [0.2, 0.25) is 0 Å². The summed E-state index contributed by atoms with van der Waals surface area (Å²) in [6.45, 7) is 4.20. The molecule has 5 heteroatoms. The van der Waals surface area contributed by atoms with Crippen LogP contribution < -0.4 is 0 Å². The first-order valence-electron chi connectivity index (χ1n) is 5.24. The number of hydrogen-bond donors (Lipinski definition) is 0. The molecule has 0 N–H and O–H groups in total. The largest absolute Gasteiger partial charge is 0.459 e. The van der Waals surface area contributed by atoms with Gasteiger partial charge in [-0.05, 0) is 18.6 Å². The van der Waals surface area contributed by atoms with Crippen molar-refractivity contribution in [2.75, 3.05) is 26.2 Å². The fourth-order valence-corrected chi connectivity index (χ4v) is 1.73. The molecule has 0 bridgehead atoms. The molecule has 1 fully saturated rings. The zero-order valence-electron chi connectivity index (χ0n) is 9.18. The second-order valence-electron chi connectivity index (χ2n) is 3.92. The molecule has 86 valence electrons. The molecular weight excluding hydrogens is 208 g/mol. The van der Waals surface area contributed by atoms with Crippen molar-refractivity contribution in [1.29, 1.82) is 0 Å². The monoisotopic (exact) mass is 222 g/mol. The summed E-state index contributed by atoms with van der Waals surface area (Å²) in [4.78, 5) is 25.8. The van der Waals surface area contributed by atoms with Gasteiger partial charge in [-0.1, -0.05) is 0 Å². The minimum atomic E-state index is -0.0985. The molecule has 1 aliphatic rings. The Morgan fingerprint density at radius 3 is 2.56 bits per heavy atom. The normalized spacial score (nSPS) is 16.3. The summed E-state index contributed by atoms with van der Waals surface area (Å²) in [5.41, 5.74) is 0.940. The van der Waals surface area contributed by atoms with E-state index in [1.807, 2.05) is 6.92 Å². The Morgan fingerprint density at radius 1 is 1.38 bits per heavy atom. The van der Waals surface area contributed by atoms with Crippen LogP contribution in [0.1, 0.15) is 16.1 Å². The van der Waals surface area contributed by atoms with Gasteiger partial charge in [0.1, 0.15) is 0 Å². The summed E-state index contributed by atoms with van der Waals surface area (Å²) < 4.78 is 5.16. The summed E-state index contributed by atoms with van der Waals surface area (Å²) in [5, 5.41) is 0. The average Bonchev–Trinajstić information content (AvgIpc) is 2.75. The number of aryl methyl sites for hydroxylation is 1. The Morgan fingerprint density at radius 2 is 2.06 bits per heavy atom. The van der Waals surface area contributed by atoms with E-state index in [-0.39, 0.29) is 5.91 Å². The summed E-state index contributed by atoms with van der Waals surface area (Å²) in [6, 6.07) is 1.73. The fourth-order valence-electron chi connectivity index (χ4n) is 1.73. The van der Waals surface area contributed by atoms with Gasteiger partial charge in [0, 0.05) is 26.2 Å². The maximum atomic E-state index is 11.9. The molecule has 1 aromatic heterocycles. The maximum Gasteiger partial charge on any atom is 0.289 e. The molecule has 0 aromatic carbocycles. The second kappa shape index (κ2) is 4.38. The predicted octanol–water partition coefficient (Wildman–Crippen LogP) is 0.502. The molecule has 16 heavy (non-hydrogen) atoms. The number of carbonyl (C=O) groups excluding carboxylic acids is 2. The highest BCUT2D eigenvalue weighted by atomic mass is 16.3. The zero-order valence-corrected chi connectivity index (χ0v) is 9.18. The standard InChI is InChI=1S/C11H14N2O3/c1-9-6-10(16-7-9)11(15)13-4-2-12(8-14)3-5-13/h6-8H,2-5H2,1H3. The highest BCUT2D eigenvalue weighted by Gasteiger charge is 2.23. The lowest BCUT2D eigenvalue weighted by atomic mass is 10.3. The maximum absolute atomic E-state index is 11.9. The van der Waals surface area contributed by atoms with Crippen LogP contribution in [0, 0.1) is 6.92 Å². The van der Waals surface area contributed by atoms with E-state index in [2.05, 4.69) is 0 Å². The lowest BCUT2D eigenvalue weighted by molar-refractivity contribution is -0.119. The highest BCUT2D eigenvalue weighted by Crippen LogP contribution is 2.11. The molecule has 5 nitrogen and oxygen atoms in total. The Labute approximate surface area is 93.6 Å². The van der Waals surface area contributed by atoms with Crippen molar-refractivity contribution in [1.82, 2.24) is 9.80 Å². The smallest absolute Gasteiger partial charge is 0.289 e. The number of rotatable bonds is 2. The van der Waals surface area contributed by atoms with Crippen molar-refractivity contribution in [2.45, 2.75) is 6.92 Å². The summed E-state index contributed by atoms with van der Waals surface area (Å²) in [5.74, 6) is 0.274. The Hall–Kier alpha value is -1.78. The van der Waals surface area contributed by atoms with Crippen LogP contribution in [0.25, 0.3) is 0 Å². The van der Waals surface area contributed by atoms with E-state index in [9.17, 15) is 9.59 Å². The molecule has 1 saturated heterocycles. The number of furan rings is 1. The molecule has 0 aliphatic carbocycles. The first-order valence-corrected chi connectivity index (χ1v) is 5.24. The Balaban J connectivity index is 1.99. The van der Waals surface area contributed by atoms with Crippen LogP contribution in [0.3, 0.4) is 0 Å². The second-order valence-corrected chi connectivity index (χ2v) is 3.92. The predicted molar refractivity (Wildman–Crippen MR) is 57.0 cm³/mol. The lowest BCUT2D eigenvalue weighted by Gasteiger charge is -2.31. The summed E-state index contributed by atoms with van der Waals surface area (Å²) in [6.07, 6.45) is 2.38. The van der Waals surface area contributed by atoms with Gasteiger partial charge in [0.25, 0.3) is 5.91 Å². The summed E-state index contributed by atoms with van der Waals surface area (Å²) in [7, 11) is 0. The molecule has 0 atom stereocenters. The number of hydrogen-bond acceptors (Lipinski definition) is 3. The number of amides is 2. The molecule has 0 radical (unpaired) electrons. The third kappa shape index (κ3) is 2.08. The molecule has 2 heterocycles. The van der Waals surface area contributed by atoms with E-state index >= 15 is 0 Å². The third-order valence-corrected chi connectivity index (χ3v) is 2.69. The van der Waals surface area contributed by atoms with Crippen molar-refractivity contribution in [3.63, 3.8) is 0 Å². The number of nitrogens with zero attached hydrogens (tertiary/aromatic N) is 2. The minimum Gasteiger partial charge on any atom is -0.459 e. The van der Waals surface area contributed by atoms with Crippen molar-refractivity contribution in [3.05, 3.63) is 23.7 Å². The molecule has 0 saturated carbocycles. The zero-order chi connectivity index (χ0) is 11.5. The van der Waals surface area contributed by atoms with Crippen LogP contribution in [0.15, 0.2) is 16.7 Å². The van der Waals surface area contributed by atoms with E-state index < -0.39 is 0 Å². The molecule has 2 rings (SSSR count). The van der Waals surface area contributed by atoms with Crippen LogP contribution in [-0.2, 0) is 4.79 Å². The van der Waals surface area contributed by atoms with Gasteiger partial charge in [-0.2, -0.15) is 0 Å². The van der Waals surface area contributed by atoms with Gasteiger partial charge in [-0.15, -0.1) is 0 Å². The Bertz CT molecular complexity index is 392. The first-order chi connectivity index (χ1) is 7.70. The van der Waals surface area contributed by atoms with Crippen molar-refractivity contribution < 1.29 is 14.0 Å². The van der Waals surface area contributed by atoms with Crippen LogP contribution in [0.4, 0.5) is 0 Å². The number of carbonyl (C=O) groups is 2. The Kier molecular flexibility index (Phi) is 2.94. The fraction of sp³-hybridized carbons (Fsp3) is 0.455. The van der Waals surface area contributed by atoms with E-state index in [1.54, 1.807) is 22.1 Å².